The average molecular weight is 530 g/mol. The molecule has 1 aliphatic heterocycles. The summed E-state index contributed by atoms with van der Waals surface area (Å²) < 4.78 is 0. The molecular weight excluding hydrogens is 489 g/mol. The van der Waals surface area contributed by atoms with E-state index in [1.54, 1.807) is 26.0 Å². The normalized spacial score (nSPS) is 17.2. The second-order valence-electron chi connectivity index (χ2n) is 8.16. The lowest BCUT2D eigenvalue weighted by Gasteiger charge is -2.33. The molecule has 170 valence electrons. The molecule has 2 N–H and O–H groups in total. The number of rotatable bonds is 9. The van der Waals surface area contributed by atoms with Crippen LogP contribution in [-0.2, 0) is 6.42 Å². The zero-order chi connectivity index (χ0) is 21.1. The summed E-state index contributed by atoms with van der Waals surface area (Å²) in [6, 6.07) is 8.60. The number of hydrogen-bond donors (Lipinski definition) is 2. The summed E-state index contributed by atoms with van der Waals surface area (Å²) in [6.07, 6.45) is 7.31. The number of carbonyl (C=O) groups is 1. The number of unbranched alkanes of at least 4 members (excludes halogenated alkanes) is 1. The first-order valence-electron chi connectivity index (χ1n) is 11.0. The molecule has 1 aromatic rings. The molecule has 0 aliphatic carbocycles. The molecule has 1 heterocycles. The third-order valence-corrected chi connectivity index (χ3v) is 5.61. The maximum absolute atomic E-state index is 12.1. The minimum absolute atomic E-state index is 0. The van der Waals surface area contributed by atoms with Gasteiger partial charge in [-0.15, -0.1) is 24.0 Å². The Balaban J connectivity index is 0.00000450. The van der Waals surface area contributed by atoms with E-state index in [0.717, 1.165) is 49.1 Å². The molecule has 1 saturated heterocycles. The smallest absolute Gasteiger partial charge is 0.253 e. The number of aliphatic imine (C=N–C) groups is 1. The maximum Gasteiger partial charge on any atom is 0.253 e. The van der Waals surface area contributed by atoms with Gasteiger partial charge in [0.05, 0.1) is 0 Å². The Bertz CT molecular complexity index is 665. The van der Waals surface area contributed by atoms with Gasteiger partial charge in [0.15, 0.2) is 5.96 Å². The van der Waals surface area contributed by atoms with Gasteiger partial charge in [-0.2, -0.15) is 0 Å². The number of benzene rings is 1. The first-order chi connectivity index (χ1) is 14.0. The third kappa shape index (κ3) is 9.20. The van der Waals surface area contributed by atoms with Gasteiger partial charge in [-0.3, -0.25) is 9.79 Å². The van der Waals surface area contributed by atoms with Crippen molar-refractivity contribution < 1.29 is 4.79 Å². The number of likely N-dealkylation sites (tertiary alicyclic amines) is 1. The molecule has 1 amide bonds. The van der Waals surface area contributed by atoms with E-state index in [4.69, 9.17) is 0 Å². The molecule has 2 rings (SSSR count). The number of amides is 1. The van der Waals surface area contributed by atoms with Crippen LogP contribution in [0.3, 0.4) is 0 Å². The summed E-state index contributed by atoms with van der Waals surface area (Å²) in [7, 11) is 5.36. The Morgan fingerprint density at radius 3 is 2.67 bits per heavy atom. The highest BCUT2D eigenvalue weighted by Gasteiger charge is 2.17. The molecule has 0 aromatic heterocycles. The lowest BCUT2D eigenvalue weighted by Crippen LogP contribution is -2.40. The van der Waals surface area contributed by atoms with Crippen molar-refractivity contribution in [3.8, 4) is 0 Å². The molecule has 7 heteroatoms. The Labute approximate surface area is 199 Å². The predicted molar refractivity (Wildman–Crippen MR) is 137 cm³/mol. The van der Waals surface area contributed by atoms with Gasteiger partial charge in [-0.05, 0) is 69.8 Å². The van der Waals surface area contributed by atoms with Crippen molar-refractivity contribution in [2.45, 2.75) is 51.5 Å². The van der Waals surface area contributed by atoms with Crippen LogP contribution in [0.1, 0.15) is 54.9 Å². The fourth-order valence-electron chi connectivity index (χ4n) is 3.80. The summed E-state index contributed by atoms with van der Waals surface area (Å²) in [5.41, 5.74) is 1.88. The number of carbonyl (C=O) groups excluding carboxylic acids is 1. The van der Waals surface area contributed by atoms with Gasteiger partial charge in [0, 0.05) is 45.8 Å². The third-order valence-electron chi connectivity index (χ3n) is 5.61. The molecule has 1 aromatic carbocycles. The molecule has 0 spiro atoms. The van der Waals surface area contributed by atoms with Crippen molar-refractivity contribution in [2.75, 3.05) is 47.3 Å². The average Bonchev–Trinajstić information content (AvgIpc) is 2.73. The topological polar surface area (TPSA) is 60.0 Å². The fourth-order valence-corrected chi connectivity index (χ4v) is 3.80. The van der Waals surface area contributed by atoms with Crippen molar-refractivity contribution in [3.05, 3.63) is 35.4 Å². The van der Waals surface area contributed by atoms with Gasteiger partial charge in [-0.1, -0.05) is 18.6 Å². The molecule has 0 radical (unpaired) electrons. The van der Waals surface area contributed by atoms with E-state index in [2.05, 4.69) is 33.5 Å². The van der Waals surface area contributed by atoms with Gasteiger partial charge in [-0.25, -0.2) is 0 Å². The van der Waals surface area contributed by atoms with E-state index in [1.165, 1.54) is 38.8 Å². The summed E-state index contributed by atoms with van der Waals surface area (Å²) in [4.78, 5) is 20.6. The molecule has 0 saturated carbocycles. The summed E-state index contributed by atoms with van der Waals surface area (Å²) in [6.45, 7) is 6.55. The second-order valence-corrected chi connectivity index (χ2v) is 8.16. The number of piperidine rings is 1. The van der Waals surface area contributed by atoms with Gasteiger partial charge in [0.2, 0.25) is 0 Å². The van der Waals surface area contributed by atoms with E-state index in [9.17, 15) is 4.79 Å². The van der Waals surface area contributed by atoms with Gasteiger partial charge in [0.1, 0.15) is 0 Å². The zero-order valence-corrected chi connectivity index (χ0v) is 21.4. The van der Waals surface area contributed by atoms with Crippen molar-refractivity contribution in [2.24, 2.45) is 4.99 Å². The highest BCUT2D eigenvalue weighted by molar-refractivity contribution is 14.0. The second kappa shape index (κ2) is 14.6. The maximum atomic E-state index is 12.1. The number of guanidine groups is 1. The molecule has 6 nitrogen and oxygen atoms in total. The summed E-state index contributed by atoms with van der Waals surface area (Å²) >= 11 is 0. The minimum atomic E-state index is 0. The molecule has 0 bridgehead atoms. The fraction of sp³-hybridized carbons (Fsp3) is 0.652. The van der Waals surface area contributed by atoms with E-state index < -0.39 is 0 Å². The van der Waals surface area contributed by atoms with Crippen LogP contribution in [0.25, 0.3) is 0 Å². The van der Waals surface area contributed by atoms with Crippen molar-refractivity contribution in [1.29, 1.82) is 0 Å². The van der Waals surface area contributed by atoms with Gasteiger partial charge in [0.25, 0.3) is 5.91 Å². The molecule has 1 fully saturated rings. The Morgan fingerprint density at radius 2 is 1.97 bits per heavy atom. The van der Waals surface area contributed by atoms with E-state index in [1.807, 2.05) is 18.2 Å². The predicted octanol–water partition coefficient (Wildman–Crippen LogP) is 3.37. The lowest BCUT2D eigenvalue weighted by atomic mass is 10.0. The molecule has 1 aliphatic rings. The van der Waals surface area contributed by atoms with Crippen molar-refractivity contribution >= 4 is 35.8 Å². The van der Waals surface area contributed by atoms with Crippen LogP contribution < -0.4 is 10.6 Å². The SMILES string of the molecule is CN=C(NCCCCN1CCCCC1C)NCCc1cccc(C(=O)N(C)C)c1.I. The zero-order valence-electron chi connectivity index (χ0n) is 19.1. The minimum Gasteiger partial charge on any atom is -0.356 e. The molecular formula is C23H40IN5O. The first kappa shape index (κ1) is 26.7. The van der Waals surface area contributed by atoms with Crippen LogP contribution in [0.2, 0.25) is 0 Å². The number of halogens is 1. The highest BCUT2D eigenvalue weighted by atomic mass is 127. The van der Waals surface area contributed by atoms with E-state index >= 15 is 0 Å². The Hall–Kier alpha value is -1.35. The highest BCUT2D eigenvalue weighted by Crippen LogP contribution is 2.16. The summed E-state index contributed by atoms with van der Waals surface area (Å²) in [5, 5.41) is 6.78. The monoisotopic (exact) mass is 529 g/mol. The van der Waals surface area contributed by atoms with Crippen molar-refractivity contribution in [3.63, 3.8) is 0 Å². The van der Waals surface area contributed by atoms with Crippen LogP contribution in [0.15, 0.2) is 29.3 Å². The Morgan fingerprint density at radius 1 is 1.20 bits per heavy atom. The number of hydrogen-bond acceptors (Lipinski definition) is 3. The number of nitrogens with zero attached hydrogens (tertiary/aromatic N) is 3. The van der Waals surface area contributed by atoms with E-state index in [-0.39, 0.29) is 29.9 Å². The quantitative estimate of drug-likeness (QED) is 0.223. The largest absolute Gasteiger partial charge is 0.356 e. The van der Waals surface area contributed by atoms with Crippen LogP contribution in [0.5, 0.6) is 0 Å². The van der Waals surface area contributed by atoms with Gasteiger partial charge >= 0.3 is 0 Å². The van der Waals surface area contributed by atoms with E-state index in [0.29, 0.717) is 0 Å². The molecule has 1 atom stereocenters. The Kier molecular flexibility index (Phi) is 13.0. The standard InChI is InChI=1S/C23H39N5O.HI/c1-19-10-5-7-16-28(19)17-8-6-14-25-23(24-2)26-15-13-20-11-9-12-21(18-20)22(29)27(3)4;/h9,11-12,18-19H,5-8,10,13-17H2,1-4H3,(H2,24,25,26);1H. The van der Waals surface area contributed by atoms with Crippen LogP contribution in [0, 0.1) is 0 Å². The van der Waals surface area contributed by atoms with Gasteiger partial charge < -0.3 is 20.4 Å². The first-order valence-corrected chi connectivity index (χ1v) is 11.0. The van der Waals surface area contributed by atoms with Crippen LogP contribution >= 0.6 is 24.0 Å². The molecule has 30 heavy (non-hydrogen) atoms. The number of nitrogens with one attached hydrogen (secondary N) is 2. The molecule has 1 unspecified atom stereocenters. The van der Waals surface area contributed by atoms with Crippen molar-refractivity contribution in [1.82, 2.24) is 20.4 Å². The summed E-state index contributed by atoms with van der Waals surface area (Å²) in [5.74, 6) is 0.882. The lowest BCUT2D eigenvalue weighted by molar-refractivity contribution is 0.0827. The van der Waals surface area contributed by atoms with Crippen LogP contribution in [0.4, 0.5) is 0 Å². The van der Waals surface area contributed by atoms with Crippen LogP contribution in [-0.4, -0.2) is 75.0 Å².